The van der Waals surface area contributed by atoms with Crippen molar-refractivity contribution in [1.82, 2.24) is 15.5 Å². The molecule has 0 aromatic carbocycles. The first-order chi connectivity index (χ1) is 9.97. The molecule has 0 bridgehead atoms. The fourth-order valence-electron chi connectivity index (χ4n) is 2.42. The summed E-state index contributed by atoms with van der Waals surface area (Å²) in [4.78, 5) is 37.0. The third-order valence-electron chi connectivity index (χ3n) is 3.51. The van der Waals surface area contributed by atoms with Crippen LogP contribution in [0.2, 0.25) is 0 Å². The Morgan fingerprint density at radius 3 is 2.86 bits per heavy atom. The SMILES string of the molecule is CCC[C@@H](C)NC(=O)CN1CCNC(=O)[C@H]1CC(=O)OC. The minimum Gasteiger partial charge on any atom is -0.469 e. The van der Waals surface area contributed by atoms with Crippen molar-refractivity contribution >= 4 is 17.8 Å². The van der Waals surface area contributed by atoms with E-state index in [0.717, 1.165) is 12.8 Å². The highest BCUT2D eigenvalue weighted by molar-refractivity contribution is 5.88. The Morgan fingerprint density at radius 1 is 1.52 bits per heavy atom. The molecule has 0 unspecified atom stereocenters. The van der Waals surface area contributed by atoms with Crippen molar-refractivity contribution < 1.29 is 19.1 Å². The first kappa shape index (κ1) is 17.4. The highest BCUT2D eigenvalue weighted by atomic mass is 16.5. The van der Waals surface area contributed by atoms with Crippen LogP contribution in [0.5, 0.6) is 0 Å². The molecule has 0 spiro atoms. The Labute approximate surface area is 125 Å². The average Bonchev–Trinajstić information content (AvgIpc) is 2.42. The second kappa shape index (κ2) is 8.61. The molecule has 2 N–H and O–H groups in total. The number of piperazine rings is 1. The van der Waals surface area contributed by atoms with Gasteiger partial charge in [0.2, 0.25) is 11.8 Å². The third-order valence-corrected chi connectivity index (χ3v) is 3.51. The van der Waals surface area contributed by atoms with Crippen LogP contribution in [0.3, 0.4) is 0 Å². The Hall–Kier alpha value is -1.63. The second-order valence-corrected chi connectivity index (χ2v) is 5.31. The van der Waals surface area contributed by atoms with Crippen molar-refractivity contribution in [2.24, 2.45) is 0 Å². The van der Waals surface area contributed by atoms with E-state index in [9.17, 15) is 14.4 Å². The molecule has 1 rings (SSSR count). The van der Waals surface area contributed by atoms with E-state index in [2.05, 4.69) is 22.3 Å². The Kier molecular flexibility index (Phi) is 7.14. The van der Waals surface area contributed by atoms with Gasteiger partial charge in [-0.3, -0.25) is 19.3 Å². The number of amides is 2. The molecule has 1 aliphatic heterocycles. The summed E-state index contributed by atoms with van der Waals surface area (Å²) < 4.78 is 4.60. The summed E-state index contributed by atoms with van der Waals surface area (Å²) in [6, 6.07) is -0.529. The van der Waals surface area contributed by atoms with Gasteiger partial charge in [-0.05, 0) is 13.3 Å². The van der Waals surface area contributed by atoms with Crippen LogP contribution >= 0.6 is 0 Å². The number of hydrogen-bond donors (Lipinski definition) is 2. The van der Waals surface area contributed by atoms with Gasteiger partial charge in [0.15, 0.2) is 0 Å². The lowest BCUT2D eigenvalue weighted by atomic mass is 10.1. The molecule has 120 valence electrons. The van der Waals surface area contributed by atoms with E-state index in [1.165, 1.54) is 7.11 Å². The summed E-state index contributed by atoms with van der Waals surface area (Å²) in [5.41, 5.74) is 0. The molecule has 2 atom stereocenters. The fraction of sp³-hybridized carbons (Fsp3) is 0.786. The van der Waals surface area contributed by atoms with Crippen molar-refractivity contribution in [2.75, 3.05) is 26.7 Å². The summed E-state index contributed by atoms with van der Waals surface area (Å²) in [6.07, 6.45) is 1.87. The van der Waals surface area contributed by atoms with Crippen LogP contribution in [-0.4, -0.2) is 61.5 Å². The van der Waals surface area contributed by atoms with E-state index >= 15 is 0 Å². The van der Waals surface area contributed by atoms with Gasteiger partial charge in [-0.25, -0.2) is 0 Å². The maximum absolute atomic E-state index is 12.0. The van der Waals surface area contributed by atoms with Gasteiger partial charge in [0.25, 0.3) is 0 Å². The fourth-order valence-corrected chi connectivity index (χ4v) is 2.42. The minimum atomic E-state index is -0.640. The van der Waals surface area contributed by atoms with Crippen molar-refractivity contribution in [2.45, 2.75) is 45.2 Å². The van der Waals surface area contributed by atoms with Crippen molar-refractivity contribution in [3.8, 4) is 0 Å². The minimum absolute atomic E-state index is 0.0415. The highest BCUT2D eigenvalue weighted by Gasteiger charge is 2.33. The van der Waals surface area contributed by atoms with Crippen LogP contribution < -0.4 is 10.6 Å². The van der Waals surface area contributed by atoms with Gasteiger partial charge in [-0.2, -0.15) is 0 Å². The van der Waals surface area contributed by atoms with Crippen LogP contribution in [0.25, 0.3) is 0 Å². The van der Waals surface area contributed by atoms with Gasteiger partial charge in [0.1, 0.15) is 6.04 Å². The zero-order valence-electron chi connectivity index (χ0n) is 13.0. The number of ether oxygens (including phenoxy) is 1. The Morgan fingerprint density at radius 2 is 2.24 bits per heavy atom. The van der Waals surface area contributed by atoms with Crippen LogP contribution in [0.15, 0.2) is 0 Å². The molecule has 2 amide bonds. The number of carbonyl (C=O) groups excluding carboxylic acids is 3. The number of esters is 1. The van der Waals surface area contributed by atoms with Gasteiger partial charge in [0, 0.05) is 19.1 Å². The van der Waals surface area contributed by atoms with Gasteiger partial charge in [-0.1, -0.05) is 13.3 Å². The van der Waals surface area contributed by atoms with Gasteiger partial charge >= 0.3 is 5.97 Å². The third kappa shape index (κ3) is 5.71. The highest BCUT2D eigenvalue weighted by Crippen LogP contribution is 2.09. The zero-order valence-corrected chi connectivity index (χ0v) is 13.0. The molecule has 21 heavy (non-hydrogen) atoms. The van der Waals surface area contributed by atoms with E-state index in [1.54, 1.807) is 4.90 Å². The lowest BCUT2D eigenvalue weighted by Gasteiger charge is -2.34. The molecule has 0 aromatic rings. The molecular formula is C14H25N3O4. The molecule has 7 heteroatoms. The molecular weight excluding hydrogens is 274 g/mol. The molecule has 1 saturated heterocycles. The van der Waals surface area contributed by atoms with Crippen LogP contribution in [0, 0.1) is 0 Å². The van der Waals surface area contributed by atoms with E-state index in [0.29, 0.717) is 13.1 Å². The van der Waals surface area contributed by atoms with Crippen molar-refractivity contribution in [1.29, 1.82) is 0 Å². The van der Waals surface area contributed by atoms with Gasteiger partial charge in [-0.15, -0.1) is 0 Å². The zero-order chi connectivity index (χ0) is 15.8. The lowest BCUT2D eigenvalue weighted by molar-refractivity contribution is -0.146. The quantitative estimate of drug-likeness (QED) is 0.628. The number of nitrogens with one attached hydrogen (secondary N) is 2. The summed E-state index contributed by atoms with van der Waals surface area (Å²) in [6.45, 7) is 5.15. The monoisotopic (exact) mass is 299 g/mol. The molecule has 0 aliphatic carbocycles. The number of methoxy groups -OCH3 is 1. The van der Waals surface area contributed by atoms with E-state index < -0.39 is 12.0 Å². The van der Waals surface area contributed by atoms with Crippen LogP contribution in [0.1, 0.15) is 33.1 Å². The predicted octanol–water partition coefficient (Wildman–Crippen LogP) is -0.345. The van der Waals surface area contributed by atoms with E-state index in [-0.39, 0.29) is 30.8 Å². The summed E-state index contributed by atoms with van der Waals surface area (Å²) in [5.74, 6) is -0.816. The smallest absolute Gasteiger partial charge is 0.307 e. The standard InChI is InChI=1S/C14H25N3O4/c1-4-5-10(2)16-12(18)9-17-7-6-15-14(20)11(17)8-13(19)21-3/h10-11H,4-9H2,1-3H3,(H,15,20)(H,16,18)/t10-,11-/m1/s1. The predicted molar refractivity (Wildman–Crippen MR) is 77.5 cm³/mol. The maximum Gasteiger partial charge on any atom is 0.307 e. The number of carbonyl (C=O) groups is 3. The molecule has 0 radical (unpaired) electrons. The van der Waals surface area contributed by atoms with Gasteiger partial charge in [0.05, 0.1) is 20.1 Å². The Bertz CT molecular complexity index is 386. The number of rotatable bonds is 7. The average molecular weight is 299 g/mol. The summed E-state index contributed by atoms with van der Waals surface area (Å²) >= 11 is 0. The number of hydrogen-bond acceptors (Lipinski definition) is 5. The van der Waals surface area contributed by atoms with Crippen LogP contribution in [0.4, 0.5) is 0 Å². The number of nitrogens with zero attached hydrogens (tertiary/aromatic N) is 1. The van der Waals surface area contributed by atoms with Gasteiger partial charge < -0.3 is 15.4 Å². The van der Waals surface area contributed by atoms with E-state index in [1.807, 2.05) is 6.92 Å². The summed E-state index contributed by atoms with van der Waals surface area (Å²) in [5, 5.41) is 5.61. The molecule has 1 aliphatic rings. The van der Waals surface area contributed by atoms with Crippen molar-refractivity contribution in [3.63, 3.8) is 0 Å². The molecule has 0 saturated carbocycles. The first-order valence-electron chi connectivity index (χ1n) is 7.35. The lowest BCUT2D eigenvalue weighted by Crippen LogP contribution is -2.58. The molecule has 7 nitrogen and oxygen atoms in total. The molecule has 0 aromatic heterocycles. The summed E-state index contributed by atoms with van der Waals surface area (Å²) in [7, 11) is 1.28. The normalized spacial score (nSPS) is 20.5. The van der Waals surface area contributed by atoms with E-state index in [4.69, 9.17) is 0 Å². The largest absolute Gasteiger partial charge is 0.469 e. The Balaban J connectivity index is 2.58. The van der Waals surface area contributed by atoms with Crippen LogP contribution in [-0.2, 0) is 19.1 Å². The molecule has 1 fully saturated rings. The topological polar surface area (TPSA) is 87.7 Å². The second-order valence-electron chi connectivity index (χ2n) is 5.31. The molecule has 1 heterocycles. The maximum atomic E-state index is 12.0. The van der Waals surface area contributed by atoms with Crippen molar-refractivity contribution in [3.05, 3.63) is 0 Å². The first-order valence-corrected chi connectivity index (χ1v) is 7.35.